The number of urea groups is 1. The van der Waals surface area contributed by atoms with Crippen LogP contribution in [-0.4, -0.2) is 94.0 Å². The molecule has 0 bridgehead atoms. The summed E-state index contributed by atoms with van der Waals surface area (Å²) < 4.78 is 44.1. The van der Waals surface area contributed by atoms with Crippen LogP contribution < -0.4 is 15.5 Å². The fourth-order valence-electron chi connectivity index (χ4n) is 4.06. The Kier molecular flexibility index (Phi) is 9.01. The summed E-state index contributed by atoms with van der Waals surface area (Å²) in [5.41, 5.74) is 0.00485. The van der Waals surface area contributed by atoms with Gasteiger partial charge in [0.25, 0.3) is 0 Å². The molecule has 2 fully saturated rings. The van der Waals surface area contributed by atoms with Crippen molar-refractivity contribution in [2.75, 3.05) is 77.0 Å². The van der Waals surface area contributed by atoms with Crippen LogP contribution in [0.2, 0.25) is 0 Å². The minimum atomic E-state index is -4.32. The van der Waals surface area contributed by atoms with E-state index in [1.165, 1.54) is 12.1 Å². The number of nitrogens with zero attached hydrogens (tertiary/aromatic N) is 3. The number of piperazine rings is 1. The number of hydrogen-bond acceptors (Lipinski definition) is 5. The van der Waals surface area contributed by atoms with E-state index in [4.69, 9.17) is 4.74 Å². The summed E-state index contributed by atoms with van der Waals surface area (Å²) in [4.78, 5) is 18.6. The van der Waals surface area contributed by atoms with Gasteiger partial charge >= 0.3 is 12.2 Å². The van der Waals surface area contributed by atoms with Crippen LogP contribution in [0.1, 0.15) is 18.9 Å². The number of morpholine rings is 1. The SMILES string of the molecule is C[C@H](CNC(=O)NCCCN1CCN(c2cccc(C(F)(F)F)c2)CC1)N1CCOCC1. The van der Waals surface area contributed by atoms with Crippen molar-refractivity contribution in [1.29, 1.82) is 0 Å². The minimum absolute atomic E-state index is 0.153. The molecule has 2 amide bonds. The van der Waals surface area contributed by atoms with Gasteiger partial charge in [0, 0.05) is 64.1 Å². The van der Waals surface area contributed by atoms with Crippen molar-refractivity contribution >= 4 is 11.7 Å². The van der Waals surface area contributed by atoms with Gasteiger partial charge in [-0.2, -0.15) is 13.2 Å². The number of anilines is 1. The van der Waals surface area contributed by atoms with E-state index in [1.54, 1.807) is 6.07 Å². The molecule has 2 N–H and O–H groups in total. The van der Waals surface area contributed by atoms with Crippen molar-refractivity contribution in [2.45, 2.75) is 25.6 Å². The Labute approximate surface area is 187 Å². The van der Waals surface area contributed by atoms with E-state index in [1.807, 2.05) is 4.90 Å². The van der Waals surface area contributed by atoms with Crippen molar-refractivity contribution in [3.8, 4) is 0 Å². The summed E-state index contributed by atoms with van der Waals surface area (Å²) in [5.74, 6) is 0. The third-order valence-corrected chi connectivity index (χ3v) is 6.07. The molecule has 1 atom stereocenters. The van der Waals surface area contributed by atoms with Gasteiger partial charge in [0.05, 0.1) is 18.8 Å². The van der Waals surface area contributed by atoms with Gasteiger partial charge in [-0.25, -0.2) is 4.79 Å². The molecule has 0 spiro atoms. The first kappa shape index (κ1) is 24.6. The van der Waals surface area contributed by atoms with Crippen molar-refractivity contribution in [3.63, 3.8) is 0 Å². The van der Waals surface area contributed by atoms with Gasteiger partial charge in [-0.3, -0.25) is 9.80 Å². The van der Waals surface area contributed by atoms with Crippen LogP contribution in [0, 0.1) is 0 Å². The smallest absolute Gasteiger partial charge is 0.379 e. The van der Waals surface area contributed by atoms with Crippen LogP contribution in [0.4, 0.5) is 23.7 Å². The molecule has 32 heavy (non-hydrogen) atoms. The van der Waals surface area contributed by atoms with Gasteiger partial charge in [0.15, 0.2) is 0 Å². The first-order valence-electron chi connectivity index (χ1n) is 11.3. The molecule has 0 aliphatic carbocycles. The van der Waals surface area contributed by atoms with E-state index in [0.717, 1.165) is 58.4 Å². The summed E-state index contributed by atoms with van der Waals surface area (Å²) in [6.07, 6.45) is -3.49. The van der Waals surface area contributed by atoms with Gasteiger partial charge in [0.2, 0.25) is 0 Å². The largest absolute Gasteiger partial charge is 0.416 e. The Balaban J connectivity index is 1.28. The highest BCUT2D eigenvalue weighted by Gasteiger charge is 2.31. The second kappa shape index (κ2) is 11.7. The van der Waals surface area contributed by atoms with E-state index in [9.17, 15) is 18.0 Å². The molecule has 2 saturated heterocycles. The Bertz CT molecular complexity index is 720. The van der Waals surface area contributed by atoms with Gasteiger partial charge < -0.3 is 20.3 Å². The van der Waals surface area contributed by atoms with Crippen LogP contribution in [0.25, 0.3) is 0 Å². The maximum Gasteiger partial charge on any atom is 0.416 e. The van der Waals surface area contributed by atoms with E-state index in [0.29, 0.717) is 31.9 Å². The predicted molar refractivity (Wildman–Crippen MR) is 118 cm³/mol. The number of carbonyl (C=O) groups excluding carboxylic acids is 1. The van der Waals surface area contributed by atoms with Gasteiger partial charge in [0.1, 0.15) is 0 Å². The lowest BCUT2D eigenvalue weighted by Crippen LogP contribution is -2.49. The number of ether oxygens (including phenoxy) is 1. The molecule has 1 aromatic carbocycles. The molecule has 10 heteroatoms. The lowest BCUT2D eigenvalue weighted by atomic mass is 10.1. The lowest BCUT2D eigenvalue weighted by molar-refractivity contribution is -0.137. The molecule has 3 rings (SSSR count). The van der Waals surface area contributed by atoms with Crippen LogP contribution >= 0.6 is 0 Å². The van der Waals surface area contributed by atoms with Crippen molar-refractivity contribution in [3.05, 3.63) is 29.8 Å². The number of amides is 2. The summed E-state index contributed by atoms with van der Waals surface area (Å²) in [7, 11) is 0. The molecule has 0 aromatic heterocycles. The van der Waals surface area contributed by atoms with Crippen molar-refractivity contribution in [2.24, 2.45) is 0 Å². The molecule has 2 aliphatic rings. The molecule has 2 heterocycles. The Morgan fingerprint density at radius 2 is 1.81 bits per heavy atom. The fourth-order valence-corrected chi connectivity index (χ4v) is 4.06. The van der Waals surface area contributed by atoms with Crippen LogP contribution in [0.15, 0.2) is 24.3 Å². The average molecular weight is 458 g/mol. The quantitative estimate of drug-likeness (QED) is 0.587. The third-order valence-electron chi connectivity index (χ3n) is 6.07. The maximum atomic E-state index is 12.9. The summed E-state index contributed by atoms with van der Waals surface area (Å²) in [6, 6.07) is 5.64. The Morgan fingerprint density at radius 1 is 1.09 bits per heavy atom. The highest BCUT2D eigenvalue weighted by molar-refractivity contribution is 5.73. The number of hydrogen-bond donors (Lipinski definition) is 2. The first-order chi connectivity index (χ1) is 15.3. The predicted octanol–water partition coefficient (Wildman–Crippen LogP) is 2.24. The number of alkyl halides is 3. The fraction of sp³-hybridized carbons (Fsp3) is 0.682. The molecule has 0 unspecified atom stereocenters. The maximum absolute atomic E-state index is 12.9. The molecule has 7 nitrogen and oxygen atoms in total. The van der Waals surface area contributed by atoms with E-state index >= 15 is 0 Å². The highest BCUT2D eigenvalue weighted by atomic mass is 19.4. The molecule has 0 radical (unpaired) electrons. The topological polar surface area (TPSA) is 60.1 Å². The molecular weight excluding hydrogens is 423 g/mol. The highest BCUT2D eigenvalue weighted by Crippen LogP contribution is 2.31. The van der Waals surface area contributed by atoms with Gasteiger partial charge in [-0.05, 0) is 38.1 Å². The first-order valence-corrected chi connectivity index (χ1v) is 11.3. The van der Waals surface area contributed by atoms with Crippen LogP contribution in [-0.2, 0) is 10.9 Å². The molecule has 2 aliphatic heterocycles. The zero-order chi connectivity index (χ0) is 23.0. The monoisotopic (exact) mass is 457 g/mol. The number of benzene rings is 1. The zero-order valence-electron chi connectivity index (χ0n) is 18.7. The number of rotatable bonds is 8. The average Bonchev–Trinajstić information content (AvgIpc) is 2.81. The Morgan fingerprint density at radius 3 is 2.50 bits per heavy atom. The number of carbonyl (C=O) groups is 1. The van der Waals surface area contributed by atoms with Crippen LogP contribution in [0.3, 0.4) is 0 Å². The zero-order valence-corrected chi connectivity index (χ0v) is 18.7. The Hall–Kier alpha value is -2.04. The van der Waals surface area contributed by atoms with Gasteiger partial charge in [-0.15, -0.1) is 0 Å². The minimum Gasteiger partial charge on any atom is -0.379 e. The molecule has 180 valence electrons. The van der Waals surface area contributed by atoms with Crippen LogP contribution in [0.5, 0.6) is 0 Å². The second-order valence-electron chi connectivity index (χ2n) is 8.36. The van der Waals surface area contributed by atoms with Gasteiger partial charge in [-0.1, -0.05) is 6.07 Å². The summed E-state index contributed by atoms with van der Waals surface area (Å²) in [6.45, 7) is 10.4. The second-order valence-corrected chi connectivity index (χ2v) is 8.36. The molecular formula is C22H34F3N5O2. The van der Waals surface area contributed by atoms with Crippen molar-refractivity contribution < 1.29 is 22.7 Å². The standard InChI is InChI=1S/C22H34F3N5O2/c1-18(29-12-14-32-15-13-29)17-27-21(31)26-6-3-7-28-8-10-30(11-9-28)20-5-2-4-19(16-20)22(23,24)25/h2,4-5,16,18H,3,6-15,17H2,1H3,(H2,26,27,31)/t18-/m1/s1. The van der Waals surface area contributed by atoms with E-state index in [-0.39, 0.29) is 12.1 Å². The van der Waals surface area contributed by atoms with E-state index < -0.39 is 11.7 Å². The normalized spacial score (nSPS) is 19.6. The summed E-state index contributed by atoms with van der Waals surface area (Å²) in [5, 5.41) is 5.82. The summed E-state index contributed by atoms with van der Waals surface area (Å²) >= 11 is 0. The van der Waals surface area contributed by atoms with E-state index in [2.05, 4.69) is 27.4 Å². The lowest BCUT2D eigenvalue weighted by Gasteiger charge is -2.36. The molecule has 1 aromatic rings. The van der Waals surface area contributed by atoms with Crippen molar-refractivity contribution in [1.82, 2.24) is 20.4 Å². The number of nitrogens with one attached hydrogen (secondary N) is 2. The third kappa shape index (κ3) is 7.53. The molecule has 0 saturated carbocycles. The number of halogens is 3.